The molecule has 3 amide bonds. The first kappa shape index (κ1) is 30.6. The topological polar surface area (TPSA) is 100 Å². The van der Waals surface area contributed by atoms with Crippen LogP contribution in [0, 0.1) is 0 Å². The molecule has 1 unspecified atom stereocenters. The number of methoxy groups -OCH3 is 2. The van der Waals surface area contributed by atoms with Gasteiger partial charge in [-0.1, -0.05) is 29.4 Å². The van der Waals surface area contributed by atoms with Crippen LogP contribution in [0.15, 0.2) is 29.4 Å². The molecule has 1 fully saturated rings. The smallest absolute Gasteiger partial charge is 0.318 e. The second kappa shape index (κ2) is 13.4. The standard InChI is InChI=1S/C27H39ClN6O4S/c1-18-16-33(12-13-34(18)26(36)31-27(2,3)4)23-15-22(28)29-25(30-23)39-17-24(35)32(5)11-10-19-8-9-20(37-6)21(14-19)38-7/h8-9,14-15,18H,10-13,16-17H2,1-7H3,(H,31,36). The van der Waals surface area contributed by atoms with Crippen molar-refractivity contribution in [3.63, 3.8) is 0 Å². The van der Waals surface area contributed by atoms with Crippen molar-refractivity contribution >= 4 is 41.1 Å². The normalized spacial score (nSPS) is 15.6. The van der Waals surface area contributed by atoms with E-state index in [1.54, 1.807) is 32.2 Å². The monoisotopic (exact) mass is 578 g/mol. The lowest BCUT2D eigenvalue weighted by Gasteiger charge is -2.41. The SMILES string of the molecule is COc1ccc(CCN(C)C(=O)CSc2nc(Cl)cc(N3CCN(C(=O)NC(C)(C)C)C(C)C3)n2)cc1OC. The highest BCUT2D eigenvalue weighted by Crippen LogP contribution is 2.28. The highest BCUT2D eigenvalue weighted by Gasteiger charge is 2.30. The van der Waals surface area contributed by atoms with Gasteiger partial charge in [-0.3, -0.25) is 4.79 Å². The van der Waals surface area contributed by atoms with Crippen molar-refractivity contribution in [1.82, 2.24) is 25.1 Å². The minimum Gasteiger partial charge on any atom is -0.493 e. The van der Waals surface area contributed by atoms with Gasteiger partial charge in [-0.15, -0.1) is 0 Å². The lowest BCUT2D eigenvalue weighted by atomic mass is 10.1. The van der Waals surface area contributed by atoms with Gasteiger partial charge < -0.3 is 29.5 Å². The third kappa shape index (κ3) is 8.79. The molecule has 1 aromatic heterocycles. The summed E-state index contributed by atoms with van der Waals surface area (Å²) in [5, 5.41) is 3.79. The zero-order chi connectivity index (χ0) is 28.7. The van der Waals surface area contributed by atoms with E-state index in [2.05, 4.69) is 20.2 Å². The number of amides is 3. The summed E-state index contributed by atoms with van der Waals surface area (Å²) < 4.78 is 10.6. The number of rotatable bonds is 9. The van der Waals surface area contributed by atoms with E-state index in [0.29, 0.717) is 60.2 Å². The number of halogens is 1. The molecule has 0 saturated carbocycles. The Morgan fingerprint density at radius 2 is 1.87 bits per heavy atom. The fourth-order valence-corrected chi connectivity index (χ4v) is 5.19. The lowest BCUT2D eigenvalue weighted by molar-refractivity contribution is -0.127. The van der Waals surface area contributed by atoms with Gasteiger partial charge in [0.15, 0.2) is 16.7 Å². The van der Waals surface area contributed by atoms with Gasteiger partial charge in [0.05, 0.1) is 20.0 Å². The minimum absolute atomic E-state index is 0.00755. The summed E-state index contributed by atoms with van der Waals surface area (Å²) in [4.78, 5) is 40.1. The summed E-state index contributed by atoms with van der Waals surface area (Å²) in [6.45, 7) is 10.3. The molecule has 10 nitrogen and oxygen atoms in total. The molecule has 1 saturated heterocycles. The van der Waals surface area contributed by atoms with Crippen LogP contribution in [0.25, 0.3) is 0 Å². The van der Waals surface area contributed by atoms with Gasteiger partial charge in [-0.05, 0) is 51.8 Å². The first-order valence-electron chi connectivity index (χ1n) is 12.9. The molecule has 214 valence electrons. The van der Waals surface area contributed by atoms with Gasteiger partial charge in [-0.25, -0.2) is 14.8 Å². The van der Waals surface area contributed by atoms with Crippen LogP contribution in [0.3, 0.4) is 0 Å². The molecule has 0 spiro atoms. The van der Waals surface area contributed by atoms with Gasteiger partial charge in [0.25, 0.3) is 0 Å². The molecule has 1 atom stereocenters. The lowest BCUT2D eigenvalue weighted by Crippen LogP contribution is -2.59. The predicted octanol–water partition coefficient (Wildman–Crippen LogP) is 3.96. The number of nitrogens with one attached hydrogen (secondary N) is 1. The van der Waals surface area contributed by atoms with Crippen LogP contribution in [0.2, 0.25) is 5.15 Å². The largest absolute Gasteiger partial charge is 0.493 e. The number of carbonyl (C=O) groups excluding carboxylic acids is 2. The number of piperazine rings is 1. The fraction of sp³-hybridized carbons (Fsp3) is 0.556. The number of thioether (sulfide) groups is 1. The summed E-state index contributed by atoms with van der Waals surface area (Å²) in [5.41, 5.74) is 0.752. The maximum Gasteiger partial charge on any atom is 0.318 e. The Morgan fingerprint density at radius 1 is 1.15 bits per heavy atom. The molecule has 2 heterocycles. The first-order chi connectivity index (χ1) is 18.4. The van der Waals surface area contributed by atoms with Gasteiger partial charge in [0.1, 0.15) is 11.0 Å². The first-order valence-corrected chi connectivity index (χ1v) is 14.2. The zero-order valence-corrected chi connectivity index (χ0v) is 25.4. The Kier molecular flexibility index (Phi) is 10.5. The summed E-state index contributed by atoms with van der Waals surface area (Å²) in [5.74, 6) is 2.19. The number of hydrogen-bond acceptors (Lipinski definition) is 8. The number of ether oxygens (including phenoxy) is 2. The number of urea groups is 1. The van der Waals surface area contributed by atoms with E-state index >= 15 is 0 Å². The van der Waals surface area contributed by atoms with Crippen LogP contribution in [0.1, 0.15) is 33.3 Å². The highest BCUT2D eigenvalue weighted by molar-refractivity contribution is 7.99. The molecule has 0 bridgehead atoms. The minimum atomic E-state index is -0.297. The maximum atomic E-state index is 12.8. The molecule has 0 aliphatic carbocycles. The average Bonchev–Trinajstić information content (AvgIpc) is 2.88. The molecule has 1 N–H and O–H groups in total. The number of benzene rings is 1. The van der Waals surface area contributed by atoms with Crippen LogP contribution < -0.4 is 19.7 Å². The van der Waals surface area contributed by atoms with Gasteiger partial charge >= 0.3 is 6.03 Å². The quantitative estimate of drug-likeness (QED) is 0.271. The fourth-order valence-electron chi connectivity index (χ4n) is 4.17. The summed E-state index contributed by atoms with van der Waals surface area (Å²) in [6.07, 6.45) is 0.684. The van der Waals surface area contributed by atoms with Crippen molar-refractivity contribution in [2.75, 3.05) is 58.1 Å². The zero-order valence-electron chi connectivity index (χ0n) is 23.8. The Morgan fingerprint density at radius 3 is 2.51 bits per heavy atom. The second-order valence-electron chi connectivity index (χ2n) is 10.5. The number of hydrogen-bond donors (Lipinski definition) is 1. The summed E-state index contributed by atoms with van der Waals surface area (Å²) in [7, 11) is 4.99. The van der Waals surface area contributed by atoms with Crippen molar-refractivity contribution in [2.45, 2.75) is 50.9 Å². The number of anilines is 1. The second-order valence-corrected chi connectivity index (χ2v) is 11.9. The molecule has 2 aromatic rings. The number of carbonyl (C=O) groups is 2. The molecule has 39 heavy (non-hydrogen) atoms. The Balaban J connectivity index is 1.54. The Bertz CT molecular complexity index is 1160. The van der Waals surface area contributed by atoms with Crippen molar-refractivity contribution in [1.29, 1.82) is 0 Å². The third-order valence-corrected chi connectivity index (χ3v) is 7.32. The number of likely N-dealkylation sites (N-methyl/N-ethyl adjacent to an activating group) is 1. The molecule has 3 rings (SSSR count). The van der Waals surface area contributed by atoms with E-state index in [1.807, 2.05) is 50.8 Å². The Hall–Kier alpha value is -2.92. The van der Waals surface area contributed by atoms with Crippen LogP contribution in [-0.4, -0.2) is 96.5 Å². The molecule has 1 aromatic carbocycles. The van der Waals surface area contributed by atoms with E-state index in [1.165, 1.54) is 11.8 Å². The molecule has 0 radical (unpaired) electrons. The molecule has 1 aliphatic heterocycles. The van der Waals surface area contributed by atoms with Gasteiger partial charge in [-0.2, -0.15) is 0 Å². The van der Waals surface area contributed by atoms with E-state index in [9.17, 15) is 9.59 Å². The van der Waals surface area contributed by atoms with Gasteiger partial charge in [0.2, 0.25) is 5.91 Å². The average molecular weight is 579 g/mol. The van der Waals surface area contributed by atoms with Crippen LogP contribution in [-0.2, 0) is 11.2 Å². The van der Waals surface area contributed by atoms with Crippen molar-refractivity contribution in [2.24, 2.45) is 0 Å². The van der Waals surface area contributed by atoms with E-state index < -0.39 is 0 Å². The van der Waals surface area contributed by atoms with Crippen molar-refractivity contribution < 1.29 is 19.1 Å². The predicted molar refractivity (Wildman–Crippen MR) is 155 cm³/mol. The molecule has 12 heteroatoms. The third-order valence-electron chi connectivity index (χ3n) is 6.29. The van der Waals surface area contributed by atoms with Crippen molar-refractivity contribution in [3.8, 4) is 11.5 Å². The van der Waals surface area contributed by atoms with E-state index in [0.717, 1.165) is 5.56 Å². The van der Waals surface area contributed by atoms with Gasteiger partial charge in [0, 0.05) is 50.9 Å². The highest BCUT2D eigenvalue weighted by atomic mass is 35.5. The Labute approximate surface area is 240 Å². The summed E-state index contributed by atoms with van der Waals surface area (Å²) in [6, 6.07) is 7.40. The maximum absolute atomic E-state index is 12.8. The number of nitrogens with zero attached hydrogens (tertiary/aromatic N) is 5. The van der Waals surface area contributed by atoms with Crippen LogP contribution >= 0.6 is 23.4 Å². The van der Waals surface area contributed by atoms with Crippen molar-refractivity contribution in [3.05, 3.63) is 35.0 Å². The number of aromatic nitrogens is 2. The molecular weight excluding hydrogens is 540 g/mol. The van der Waals surface area contributed by atoms with E-state index in [4.69, 9.17) is 21.1 Å². The van der Waals surface area contributed by atoms with E-state index in [-0.39, 0.29) is 29.3 Å². The molecular formula is C27H39ClN6O4S. The summed E-state index contributed by atoms with van der Waals surface area (Å²) >= 11 is 7.58. The molecule has 1 aliphatic rings. The van der Waals surface area contributed by atoms with Crippen LogP contribution in [0.5, 0.6) is 11.5 Å². The van der Waals surface area contributed by atoms with Crippen LogP contribution in [0.4, 0.5) is 10.6 Å².